The lowest BCUT2D eigenvalue weighted by Gasteiger charge is -2.16. The van der Waals surface area contributed by atoms with Gasteiger partial charge in [0.15, 0.2) is 0 Å². The number of rotatable bonds is 2. The van der Waals surface area contributed by atoms with Gasteiger partial charge in [-0.25, -0.2) is 0 Å². The summed E-state index contributed by atoms with van der Waals surface area (Å²) in [5.74, 6) is 0. The molecule has 0 aromatic heterocycles. The number of fused-ring (bicyclic) bond motifs is 1. The molecule has 100 valence electrons. The Morgan fingerprint density at radius 1 is 1.20 bits per heavy atom. The van der Waals surface area contributed by atoms with Crippen molar-refractivity contribution < 1.29 is 0 Å². The van der Waals surface area contributed by atoms with Crippen LogP contribution < -0.4 is 11.1 Å². The van der Waals surface area contributed by atoms with E-state index in [1.807, 2.05) is 12.1 Å². The summed E-state index contributed by atoms with van der Waals surface area (Å²) in [6, 6.07) is 15.7. The van der Waals surface area contributed by atoms with Gasteiger partial charge < -0.3 is 11.1 Å². The first-order valence-electron chi connectivity index (χ1n) is 6.49. The largest absolute Gasteiger partial charge is 0.377 e. The Morgan fingerprint density at radius 3 is 2.70 bits per heavy atom. The number of nitrogens with zero attached hydrogens (tertiary/aromatic N) is 1. The molecule has 0 bridgehead atoms. The van der Waals surface area contributed by atoms with Gasteiger partial charge in [-0.05, 0) is 35.7 Å². The zero-order valence-electron chi connectivity index (χ0n) is 10.8. The van der Waals surface area contributed by atoms with Crippen LogP contribution in [-0.4, -0.2) is 0 Å². The van der Waals surface area contributed by atoms with Crippen LogP contribution in [-0.2, 0) is 0 Å². The molecule has 2 unspecified atom stereocenters. The molecule has 20 heavy (non-hydrogen) atoms. The molecule has 0 saturated heterocycles. The van der Waals surface area contributed by atoms with Crippen LogP contribution in [0.15, 0.2) is 42.5 Å². The van der Waals surface area contributed by atoms with Crippen molar-refractivity contribution in [2.75, 3.05) is 5.32 Å². The second-order valence-corrected chi connectivity index (χ2v) is 5.41. The molecule has 1 aliphatic rings. The maximum atomic E-state index is 9.17. The standard InChI is InChI=1S/C16H14ClN3/c17-11-6-5-10(9-18)15(7-11)20-16-8-14(19)12-3-1-2-4-13(12)16/h1-7,14,16,20H,8,19H2. The van der Waals surface area contributed by atoms with Gasteiger partial charge >= 0.3 is 0 Å². The van der Waals surface area contributed by atoms with Crippen LogP contribution in [0.1, 0.15) is 35.2 Å². The number of nitrogens with two attached hydrogens (primary N) is 1. The molecule has 3 rings (SSSR count). The molecular weight excluding hydrogens is 270 g/mol. The van der Waals surface area contributed by atoms with Crippen molar-refractivity contribution in [3.63, 3.8) is 0 Å². The number of halogens is 1. The first-order valence-corrected chi connectivity index (χ1v) is 6.87. The quantitative estimate of drug-likeness (QED) is 0.882. The highest BCUT2D eigenvalue weighted by atomic mass is 35.5. The minimum Gasteiger partial charge on any atom is -0.377 e. The second kappa shape index (κ2) is 5.16. The van der Waals surface area contributed by atoms with Gasteiger partial charge in [-0.15, -0.1) is 0 Å². The molecule has 0 saturated carbocycles. The first kappa shape index (κ1) is 13.0. The number of nitriles is 1. The highest BCUT2D eigenvalue weighted by Crippen LogP contribution is 2.39. The van der Waals surface area contributed by atoms with Crippen molar-refractivity contribution in [1.29, 1.82) is 5.26 Å². The normalized spacial score (nSPS) is 20.2. The predicted octanol–water partition coefficient (Wildman–Crippen LogP) is 3.77. The minimum absolute atomic E-state index is 0.0356. The summed E-state index contributed by atoms with van der Waals surface area (Å²) >= 11 is 6.01. The second-order valence-electron chi connectivity index (χ2n) is 4.97. The summed E-state index contributed by atoms with van der Waals surface area (Å²) in [4.78, 5) is 0. The van der Waals surface area contributed by atoms with E-state index in [1.165, 1.54) is 11.1 Å². The first-order chi connectivity index (χ1) is 9.69. The summed E-state index contributed by atoms with van der Waals surface area (Å²) in [6.45, 7) is 0. The van der Waals surface area contributed by atoms with Crippen molar-refractivity contribution in [1.82, 2.24) is 0 Å². The molecule has 2 aromatic carbocycles. The lowest BCUT2D eigenvalue weighted by Crippen LogP contribution is -2.10. The fraction of sp³-hybridized carbons (Fsp3) is 0.188. The Bertz CT molecular complexity index is 690. The summed E-state index contributed by atoms with van der Waals surface area (Å²) in [5, 5.41) is 13.2. The Hall–Kier alpha value is -2.02. The van der Waals surface area contributed by atoms with E-state index in [4.69, 9.17) is 17.3 Å². The Morgan fingerprint density at radius 2 is 1.95 bits per heavy atom. The number of hydrogen-bond donors (Lipinski definition) is 2. The van der Waals surface area contributed by atoms with E-state index >= 15 is 0 Å². The molecule has 4 heteroatoms. The maximum absolute atomic E-state index is 9.17. The van der Waals surface area contributed by atoms with Crippen molar-refractivity contribution in [3.05, 3.63) is 64.2 Å². The predicted molar refractivity (Wildman–Crippen MR) is 80.5 cm³/mol. The SMILES string of the molecule is N#Cc1ccc(Cl)cc1NC1CC(N)c2ccccc21. The van der Waals surface area contributed by atoms with Crippen LogP contribution in [0.4, 0.5) is 5.69 Å². The van der Waals surface area contributed by atoms with E-state index in [0.717, 1.165) is 12.1 Å². The highest BCUT2D eigenvalue weighted by molar-refractivity contribution is 6.30. The van der Waals surface area contributed by atoms with Gasteiger partial charge in [0.05, 0.1) is 17.3 Å². The van der Waals surface area contributed by atoms with E-state index < -0.39 is 0 Å². The van der Waals surface area contributed by atoms with E-state index in [-0.39, 0.29) is 12.1 Å². The van der Waals surface area contributed by atoms with Crippen LogP contribution >= 0.6 is 11.6 Å². The third-order valence-electron chi connectivity index (χ3n) is 3.69. The van der Waals surface area contributed by atoms with Crippen LogP contribution in [0.5, 0.6) is 0 Å². The zero-order valence-corrected chi connectivity index (χ0v) is 11.6. The Balaban J connectivity index is 1.94. The number of benzene rings is 2. The van der Waals surface area contributed by atoms with Gasteiger partial charge in [0.2, 0.25) is 0 Å². The van der Waals surface area contributed by atoms with E-state index in [2.05, 4.69) is 23.5 Å². The van der Waals surface area contributed by atoms with Crippen molar-refractivity contribution in [2.24, 2.45) is 5.73 Å². The molecule has 0 radical (unpaired) electrons. The smallest absolute Gasteiger partial charge is 0.101 e. The van der Waals surface area contributed by atoms with Gasteiger partial charge in [0, 0.05) is 11.1 Å². The van der Waals surface area contributed by atoms with Gasteiger partial charge in [0.25, 0.3) is 0 Å². The summed E-state index contributed by atoms with van der Waals surface area (Å²) in [7, 11) is 0. The van der Waals surface area contributed by atoms with Crippen molar-refractivity contribution >= 4 is 17.3 Å². The average Bonchev–Trinajstić information content (AvgIpc) is 2.76. The third kappa shape index (κ3) is 2.24. The molecule has 0 fully saturated rings. The Labute approximate surface area is 123 Å². The maximum Gasteiger partial charge on any atom is 0.101 e. The molecule has 1 aliphatic carbocycles. The van der Waals surface area contributed by atoms with Crippen LogP contribution in [0.2, 0.25) is 5.02 Å². The molecule has 0 amide bonds. The van der Waals surface area contributed by atoms with E-state index in [1.54, 1.807) is 18.2 Å². The van der Waals surface area contributed by atoms with Gasteiger partial charge in [-0.2, -0.15) is 5.26 Å². The molecule has 0 spiro atoms. The van der Waals surface area contributed by atoms with Gasteiger partial charge in [0.1, 0.15) is 6.07 Å². The van der Waals surface area contributed by atoms with E-state index in [9.17, 15) is 5.26 Å². The van der Waals surface area contributed by atoms with Crippen LogP contribution in [0, 0.1) is 11.3 Å². The molecule has 3 nitrogen and oxygen atoms in total. The lowest BCUT2D eigenvalue weighted by atomic mass is 10.1. The molecule has 2 atom stereocenters. The minimum atomic E-state index is 0.0356. The molecule has 0 heterocycles. The monoisotopic (exact) mass is 283 g/mol. The third-order valence-corrected chi connectivity index (χ3v) is 3.93. The lowest BCUT2D eigenvalue weighted by molar-refractivity contribution is 0.648. The summed E-state index contributed by atoms with van der Waals surface area (Å²) < 4.78 is 0. The van der Waals surface area contributed by atoms with E-state index in [0.29, 0.717) is 10.6 Å². The Kier molecular flexibility index (Phi) is 3.35. The summed E-state index contributed by atoms with van der Waals surface area (Å²) in [6.07, 6.45) is 0.816. The van der Waals surface area contributed by atoms with Crippen LogP contribution in [0.3, 0.4) is 0 Å². The topological polar surface area (TPSA) is 61.8 Å². The fourth-order valence-corrected chi connectivity index (χ4v) is 2.90. The molecule has 2 aromatic rings. The van der Waals surface area contributed by atoms with Crippen LogP contribution in [0.25, 0.3) is 0 Å². The summed E-state index contributed by atoms with van der Waals surface area (Å²) in [5.41, 5.74) is 9.88. The number of nitrogens with one attached hydrogen (secondary N) is 1. The zero-order chi connectivity index (χ0) is 14.1. The van der Waals surface area contributed by atoms with Gasteiger partial charge in [-0.1, -0.05) is 35.9 Å². The van der Waals surface area contributed by atoms with Crippen molar-refractivity contribution in [2.45, 2.75) is 18.5 Å². The molecular formula is C16H14ClN3. The van der Waals surface area contributed by atoms with Gasteiger partial charge in [-0.3, -0.25) is 0 Å². The van der Waals surface area contributed by atoms with Crippen molar-refractivity contribution in [3.8, 4) is 6.07 Å². The number of anilines is 1. The fourth-order valence-electron chi connectivity index (χ4n) is 2.73. The average molecular weight is 284 g/mol. The highest BCUT2D eigenvalue weighted by Gasteiger charge is 2.28. The number of hydrogen-bond acceptors (Lipinski definition) is 3. The molecule has 3 N–H and O–H groups in total. The molecule has 0 aliphatic heterocycles.